The van der Waals surface area contributed by atoms with Gasteiger partial charge in [0.05, 0.1) is 21.9 Å². The van der Waals surface area contributed by atoms with Gasteiger partial charge in [0, 0.05) is 0 Å². The molecule has 2 N–H and O–H groups in total. The Balaban J connectivity index is 1.76. The Labute approximate surface area is 174 Å². The summed E-state index contributed by atoms with van der Waals surface area (Å²) in [5.74, 6) is -0.379. The van der Waals surface area contributed by atoms with Crippen molar-refractivity contribution in [2.75, 3.05) is 0 Å². The molecular formula is C18H13F3N2O3S3. The van der Waals surface area contributed by atoms with Gasteiger partial charge in [0.25, 0.3) is 5.91 Å². The van der Waals surface area contributed by atoms with Crippen LogP contribution in [0, 0.1) is 0 Å². The number of amides is 1. The smallest absolute Gasteiger partial charge is 0.288 e. The van der Waals surface area contributed by atoms with Crippen molar-refractivity contribution in [1.29, 1.82) is 0 Å². The first kappa shape index (κ1) is 21.5. The van der Waals surface area contributed by atoms with E-state index >= 15 is 0 Å². The second-order valence-corrected chi connectivity index (χ2v) is 9.31. The normalized spacial score (nSPS) is 16.7. The number of thiocarbonyl (C=S) groups is 1. The maximum Gasteiger partial charge on any atom is 0.416 e. The van der Waals surface area contributed by atoms with E-state index in [0.29, 0.717) is 16.0 Å². The number of sulfonamides is 1. The molecule has 0 unspecified atom stereocenters. The highest BCUT2D eigenvalue weighted by atomic mass is 32.2. The first-order valence-corrected chi connectivity index (χ1v) is 10.8. The zero-order valence-electron chi connectivity index (χ0n) is 14.5. The molecule has 1 aliphatic heterocycles. The fourth-order valence-corrected chi connectivity index (χ4v) is 4.29. The van der Waals surface area contributed by atoms with E-state index in [4.69, 9.17) is 17.4 Å². The third-order valence-corrected chi connectivity index (χ3v) is 6.31. The van der Waals surface area contributed by atoms with Crippen LogP contribution in [-0.2, 0) is 27.5 Å². The topological polar surface area (TPSA) is 80.5 Å². The van der Waals surface area contributed by atoms with Gasteiger partial charge >= 0.3 is 6.18 Å². The summed E-state index contributed by atoms with van der Waals surface area (Å²) in [5.41, 5.74) is 0.315. The predicted octanol–water partition coefficient (Wildman–Crippen LogP) is 3.75. The Hall–Kier alpha value is -2.21. The standard InChI is InChI=1S/C18H13F3N2O3S3/c19-18(20,21)13-5-1-12(2-6-13)10-23-16(24)15(28-17(23)27)9-11-3-7-14(8-4-11)29(22,25)26/h1-9H,10H2,(H2,22,25,26)/b15-9-. The molecule has 1 amide bonds. The Morgan fingerprint density at radius 1 is 1.07 bits per heavy atom. The number of carbonyl (C=O) groups is 1. The number of halogens is 3. The van der Waals surface area contributed by atoms with E-state index in [2.05, 4.69) is 0 Å². The maximum absolute atomic E-state index is 12.7. The molecule has 1 fully saturated rings. The number of primary sulfonamides is 1. The molecule has 29 heavy (non-hydrogen) atoms. The van der Waals surface area contributed by atoms with Gasteiger partial charge in [0.2, 0.25) is 10.0 Å². The summed E-state index contributed by atoms with van der Waals surface area (Å²) >= 11 is 6.28. The van der Waals surface area contributed by atoms with Crippen LogP contribution in [0.15, 0.2) is 58.3 Å². The van der Waals surface area contributed by atoms with Crippen LogP contribution in [0.5, 0.6) is 0 Å². The Morgan fingerprint density at radius 3 is 2.17 bits per heavy atom. The lowest BCUT2D eigenvalue weighted by molar-refractivity contribution is -0.137. The first-order valence-electron chi connectivity index (χ1n) is 7.99. The molecule has 2 aromatic rings. The van der Waals surface area contributed by atoms with Crippen molar-refractivity contribution in [3.8, 4) is 0 Å². The van der Waals surface area contributed by atoms with Crippen molar-refractivity contribution >= 4 is 50.3 Å². The maximum atomic E-state index is 12.7. The number of carbonyl (C=O) groups excluding carboxylic acids is 1. The summed E-state index contributed by atoms with van der Waals surface area (Å²) in [7, 11) is -3.81. The second kappa shape index (κ2) is 7.90. The third-order valence-electron chi connectivity index (χ3n) is 4.00. The van der Waals surface area contributed by atoms with Gasteiger partial charge in [-0.2, -0.15) is 13.2 Å². The summed E-state index contributed by atoms with van der Waals surface area (Å²) in [6.45, 7) is 0.0461. The Morgan fingerprint density at radius 2 is 1.66 bits per heavy atom. The number of hydrogen-bond acceptors (Lipinski definition) is 5. The van der Waals surface area contributed by atoms with E-state index in [1.807, 2.05) is 0 Å². The number of alkyl halides is 3. The summed E-state index contributed by atoms with van der Waals surface area (Å²) < 4.78 is 60.9. The summed E-state index contributed by atoms with van der Waals surface area (Å²) in [5, 5.41) is 5.05. The van der Waals surface area contributed by atoms with Crippen LogP contribution in [0.1, 0.15) is 16.7 Å². The van der Waals surface area contributed by atoms with Crippen molar-refractivity contribution in [2.24, 2.45) is 5.14 Å². The van der Waals surface area contributed by atoms with Crippen molar-refractivity contribution in [2.45, 2.75) is 17.6 Å². The molecule has 0 bridgehead atoms. The summed E-state index contributed by atoms with van der Waals surface area (Å²) in [4.78, 5) is 14.2. The monoisotopic (exact) mass is 458 g/mol. The van der Waals surface area contributed by atoms with Crippen LogP contribution in [0.25, 0.3) is 6.08 Å². The van der Waals surface area contributed by atoms with E-state index in [1.54, 1.807) is 6.08 Å². The zero-order valence-corrected chi connectivity index (χ0v) is 17.0. The van der Waals surface area contributed by atoms with Crippen LogP contribution in [0.3, 0.4) is 0 Å². The Bertz CT molecular complexity index is 1090. The molecule has 0 saturated carbocycles. The SMILES string of the molecule is NS(=O)(=O)c1ccc(/C=C2\SC(=S)N(Cc3ccc(C(F)(F)F)cc3)C2=O)cc1. The molecule has 0 aromatic heterocycles. The number of nitrogens with two attached hydrogens (primary N) is 1. The highest BCUT2D eigenvalue weighted by Gasteiger charge is 2.33. The van der Waals surface area contributed by atoms with Crippen LogP contribution in [-0.4, -0.2) is 23.5 Å². The fraction of sp³-hybridized carbons (Fsp3) is 0.111. The molecule has 0 aliphatic carbocycles. The molecule has 5 nitrogen and oxygen atoms in total. The minimum Gasteiger partial charge on any atom is -0.288 e. The van der Waals surface area contributed by atoms with Gasteiger partial charge in [0.1, 0.15) is 4.32 Å². The van der Waals surface area contributed by atoms with Crippen molar-refractivity contribution in [3.63, 3.8) is 0 Å². The molecular weight excluding hydrogens is 445 g/mol. The largest absolute Gasteiger partial charge is 0.416 e. The van der Waals surface area contributed by atoms with Crippen molar-refractivity contribution < 1.29 is 26.4 Å². The number of rotatable bonds is 4. The molecule has 1 saturated heterocycles. The van der Waals surface area contributed by atoms with Crippen LogP contribution < -0.4 is 5.14 Å². The highest BCUT2D eigenvalue weighted by Crippen LogP contribution is 2.34. The van der Waals surface area contributed by atoms with Gasteiger partial charge in [-0.3, -0.25) is 9.69 Å². The molecule has 0 spiro atoms. The lowest BCUT2D eigenvalue weighted by Gasteiger charge is -2.15. The summed E-state index contributed by atoms with van der Waals surface area (Å²) in [6, 6.07) is 10.2. The number of benzene rings is 2. The van der Waals surface area contributed by atoms with Gasteiger partial charge in [-0.15, -0.1) is 0 Å². The molecule has 2 aromatic carbocycles. The van der Waals surface area contributed by atoms with E-state index in [0.717, 1.165) is 23.9 Å². The molecule has 0 radical (unpaired) electrons. The Kier molecular flexibility index (Phi) is 5.86. The molecule has 3 rings (SSSR count). The van der Waals surface area contributed by atoms with Gasteiger partial charge in [0.15, 0.2) is 0 Å². The van der Waals surface area contributed by atoms with Gasteiger partial charge < -0.3 is 0 Å². The van der Waals surface area contributed by atoms with Crippen molar-refractivity contribution in [3.05, 3.63) is 70.1 Å². The first-order chi connectivity index (χ1) is 13.4. The minimum atomic E-state index is -4.43. The average molecular weight is 459 g/mol. The predicted molar refractivity (Wildman–Crippen MR) is 108 cm³/mol. The van der Waals surface area contributed by atoms with E-state index < -0.39 is 21.8 Å². The molecule has 152 valence electrons. The average Bonchev–Trinajstić information content (AvgIpc) is 2.88. The third kappa shape index (κ3) is 5.04. The molecule has 1 heterocycles. The van der Waals surface area contributed by atoms with Gasteiger partial charge in [-0.05, 0) is 41.5 Å². The quantitative estimate of drug-likeness (QED) is 0.558. The van der Waals surface area contributed by atoms with E-state index in [1.165, 1.54) is 41.3 Å². The highest BCUT2D eigenvalue weighted by molar-refractivity contribution is 8.26. The minimum absolute atomic E-state index is 0.0461. The van der Waals surface area contributed by atoms with Gasteiger partial charge in [-0.25, -0.2) is 13.6 Å². The van der Waals surface area contributed by atoms with E-state index in [-0.39, 0.29) is 21.7 Å². The number of nitrogens with zero attached hydrogens (tertiary/aromatic N) is 1. The lowest BCUT2D eigenvalue weighted by atomic mass is 10.1. The van der Waals surface area contributed by atoms with Crippen LogP contribution >= 0.6 is 24.0 Å². The fourth-order valence-electron chi connectivity index (χ4n) is 2.52. The molecule has 11 heteroatoms. The number of thioether (sulfide) groups is 1. The molecule has 1 aliphatic rings. The zero-order chi connectivity index (χ0) is 21.4. The van der Waals surface area contributed by atoms with Gasteiger partial charge in [-0.1, -0.05) is 48.2 Å². The van der Waals surface area contributed by atoms with E-state index in [9.17, 15) is 26.4 Å². The van der Waals surface area contributed by atoms with Crippen LogP contribution in [0.4, 0.5) is 13.2 Å². The molecule has 0 atom stereocenters. The van der Waals surface area contributed by atoms with Crippen molar-refractivity contribution in [1.82, 2.24) is 4.90 Å². The van der Waals surface area contributed by atoms with Crippen LogP contribution in [0.2, 0.25) is 0 Å². The summed E-state index contributed by atoms with van der Waals surface area (Å²) in [6.07, 6.45) is -2.87. The lowest BCUT2D eigenvalue weighted by Crippen LogP contribution is -2.27. The number of hydrogen-bond donors (Lipinski definition) is 1. The second-order valence-electron chi connectivity index (χ2n) is 6.08.